The summed E-state index contributed by atoms with van der Waals surface area (Å²) in [5, 5.41) is 2.94. The number of ether oxygens (including phenoxy) is 1. The highest BCUT2D eigenvalue weighted by molar-refractivity contribution is 5.90. The van der Waals surface area contributed by atoms with Gasteiger partial charge in [-0.2, -0.15) is 0 Å². The van der Waals surface area contributed by atoms with Crippen LogP contribution in [0.15, 0.2) is 30.3 Å². The Balaban J connectivity index is 2.04. The van der Waals surface area contributed by atoms with Crippen molar-refractivity contribution >= 4 is 17.3 Å². The fourth-order valence-electron chi connectivity index (χ4n) is 1.98. The third-order valence-corrected chi connectivity index (χ3v) is 3.30. The lowest BCUT2D eigenvalue weighted by atomic mass is 10.1. The van der Waals surface area contributed by atoms with Crippen LogP contribution in [0.2, 0.25) is 0 Å². The van der Waals surface area contributed by atoms with E-state index in [4.69, 9.17) is 4.74 Å². The van der Waals surface area contributed by atoms with Gasteiger partial charge in [-0.1, -0.05) is 18.2 Å². The molecule has 1 aliphatic rings. The van der Waals surface area contributed by atoms with Crippen LogP contribution < -0.4 is 5.32 Å². The molecule has 1 fully saturated rings. The number of carbonyl (C=O) groups excluding carboxylic acids is 1. The van der Waals surface area contributed by atoms with Crippen LogP contribution in [-0.4, -0.2) is 37.2 Å². The number of hydrogen-bond donors (Lipinski definition) is 1. The number of anilines is 1. The van der Waals surface area contributed by atoms with E-state index in [2.05, 4.69) is 18.3 Å². The maximum Gasteiger partial charge on any atom is 0.321 e. The Morgan fingerprint density at radius 2 is 2.11 bits per heavy atom. The summed E-state index contributed by atoms with van der Waals surface area (Å²) in [6.07, 6.45) is 2.06. The van der Waals surface area contributed by atoms with E-state index in [9.17, 15) is 4.79 Å². The number of benzene rings is 1. The van der Waals surface area contributed by atoms with Crippen LogP contribution in [0.4, 0.5) is 10.5 Å². The van der Waals surface area contributed by atoms with Crippen molar-refractivity contribution in [2.45, 2.75) is 13.8 Å². The second-order valence-corrected chi connectivity index (χ2v) is 4.58. The van der Waals surface area contributed by atoms with Gasteiger partial charge in [0, 0.05) is 18.8 Å². The quantitative estimate of drug-likeness (QED) is 0.888. The highest BCUT2D eigenvalue weighted by atomic mass is 16.5. The topological polar surface area (TPSA) is 41.6 Å². The number of amides is 2. The molecule has 4 heteroatoms. The highest BCUT2D eigenvalue weighted by Gasteiger charge is 2.16. The van der Waals surface area contributed by atoms with Gasteiger partial charge in [0.15, 0.2) is 0 Å². The molecular weight excluding hydrogens is 240 g/mol. The van der Waals surface area contributed by atoms with Crippen LogP contribution in [0.25, 0.3) is 5.57 Å². The van der Waals surface area contributed by atoms with Gasteiger partial charge in [-0.25, -0.2) is 4.79 Å². The summed E-state index contributed by atoms with van der Waals surface area (Å²) in [5.74, 6) is 0. The Morgan fingerprint density at radius 3 is 2.79 bits per heavy atom. The molecule has 0 spiro atoms. The first-order valence-electron chi connectivity index (χ1n) is 6.57. The molecule has 0 radical (unpaired) electrons. The summed E-state index contributed by atoms with van der Waals surface area (Å²) in [7, 11) is 0. The lowest BCUT2D eigenvalue weighted by Crippen LogP contribution is -2.43. The molecule has 102 valence electrons. The van der Waals surface area contributed by atoms with Crippen LogP contribution in [-0.2, 0) is 4.74 Å². The first-order chi connectivity index (χ1) is 9.20. The Hall–Kier alpha value is -1.81. The number of carbonyl (C=O) groups is 1. The van der Waals surface area contributed by atoms with Gasteiger partial charge in [0.05, 0.1) is 13.2 Å². The molecule has 1 aromatic rings. The van der Waals surface area contributed by atoms with Crippen molar-refractivity contribution in [3.05, 3.63) is 35.9 Å². The second kappa shape index (κ2) is 6.38. The van der Waals surface area contributed by atoms with Crippen molar-refractivity contribution in [3.8, 4) is 0 Å². The predicted octanol–water partition coefficient (Wildman–Crippen LogP) is 2.97. The molecule has 0 saturated carbocycles. The monoisotopic (exact) mass is 260 g/mol. The van der Waals surface area contributed by atoms with E-state index < -0.39 is 0 Å². The number of urea groups is 1. The minimum atomic E-state index is -0.0569. The molecule has 0 aliphatic carbocycles. The lowest BCUT2D eigenvalue weighted by molar-refractivity contribution is 0.0564. The summed E-state index contributed by atoms with van der Waals surface area (Å²) in [6.45, 7) is 6.60. The van der Waals surface area contributed by atoms with E-state index in [1.807, 2.05) is 31.2 Å². The van der Waals surface area contributed by atoms with Crippen LogP contribution >= 0.6 is 0 Å². The molecule has 1 saturated heterocycles. The fourth-order valence-corrected chi connectivity index (χ4v) is 1.98. The van der Waals surface area contributed by atoms with E-state index in [1.54, 1.807) is 4.90 Å². The smallest absolute Gasteiger partial charge is 0.321 e. The Kier molecular flexibility index (Phi) is 4.58. The summed E-state index contributed by atoms with van der Waals surface area (Å²) in [5.41, 5.74) is 3.15. The molecule has 0 atom stereocenters. The number of rotatable bonds is 2. The molecule has 1 N–H and O–H groups in total. The fraction of sp³-hybridized carbons (Fsp3) is 0.400. The predicted molar refractivity (Wildman–Crippen MR) is 77.2 cm³/mol. The largest absolute Gasteiger partial charge is 0.378 e. The standard InChI is InChI=1S/C15H20N2O2/c1-3-12(2)13-5-4-6-14(11-13)16-15(18)17-7-9-19-10-8-17/h3-6,11H,7-10H2,1-2H3,(H,16,18)/b12-3+. The van der Waals surface area contributed by atoms with Gasteiger partial charge < -0.3 is 15.0 Å². The van der Waals surface area contributed by atoms with Gasteiger partial charge in [-0.3, -0.25) is 0 Å². The zero-order valence-corrected chi connectivity index (χ0v) is 11.5. The Labute approximate surface area is 114 Å². The van der Waals surface area contributed by atoms with Crippen molar-refractivity contribution in [2.24, 2.45) is 0 Å². The SMILES string of the molecule is C/C=C(\C)c1cccc(NC(=O)N2CCOCC2)c1. The number of nitrogens with one attached hydrogen (secondary N) is 1. The molecule has 0 aromatic heterocycles. The number of allylic oxidation sites excluding steroid dienone is 2. The maximum atomic E-state index is 12.1. The number of nitrogens with zero attached hydrogens (tertiary/aromatic N) is 1. The average Bonchev–Trinajstić information content (AvgIpc) is 2.47. The number of hydrogen-bond acceptors (Lipinski definition) is 2. The van der Waals surface area contributed by atoms with Crippen molar-refractivity contribution in [3.63, 3.8) is 0 Å². The minimum Gasteiger partial charge on any atom is -0.378 e. The average molecular weight is 260 g/mol. The van der Waals surface area contributed by atoms with Crippen LogP contribution in [0.1, 0.15) is 19.4 Å². The summed E-state index contributed by atoms with van der Waals surface area (Å²) >= 11 is 0. The molecule has 2 rings (SSSR count). The zero-order chi connectivity index (χ0) is 13.7. The van der Waals surface area contributed by atoms with Gasteiger partial charge >= 0.3 is 6.03 Å². The molecule has 4 nitrogen and oxygen atoms in total. The van der Waals surface area contributed by atoms with Crippen LogP contribution in [0.3, 0.4) is 0 Å². The van der Waals surface area contributed by atoms with Crippen LogP contribution in [0.5, 0.6) is 0 Å². The van der Waals surface area contributed by atoms with Crippen molar-refractivity contribution in [1.82, 2.24) is 4.90 Å². The van der Waals surface area contributed by atoms with Crippen LogP contribution in [0, 0.1) is 0 Å². The molecule has 0 unspecified atom stereocenters. The second-order valence-electron chi connectivity index (χ2n) is 4.58. The van der Waals surface area contributed by atoms with Crippen molar-refractivity contribution in [2.75, 3.05) is 31.6 Å². The molecule has 2 amide bonds. The van der Waals surface area contributed by atoms with Gasteiger partial charge in [0.1, 0.15) is 0 Å². The van der Waals surface area contributed by atoms with E-state index in [-0.39, 0.29) is 6.03 Å². The maximum absolute atomic E-state index is 12.1. The van der Waals surface area contributed by atoms with E-state index in [1.165, 1.54) is 5.57 Å². The summed E-state index contributed by atoms with van der Waals surface area (Å²) in [6, 6.07) is 7.84. The van der Waals surface area contributed by atoms with Gasteiger partial charge in [-0.15, -0.1) is 0 Å². The first kappa shape index (κ1) is 13.6. The summed E-state index contributed by atoms with van der Waals surface area (Å²) in [4.78, 5) is 13.8. The van der Waals surface area contributed by atoms with Gasteiger partial charge in [-0.05, 0) is 37.1 Å². The molecule has 1 aromatic carbocycles. The number of morpholine rings is 1. The molecule has 1 aliphatic heterocycles. The molecule has 19 heavy (non-hydrogen) atoms. The van der Waals surface area contributed by atoms with Gasteiger partial charge in [0.2, 0.25) is 0 Å². The summed E-state index contributed by atoms with van der Waals surface area (Å²) < 4.78 is 5.24. The third-order valence-electron chi connectivity index (χ3n) is 3.30. The lowest BCUT2D eigenvalue weighted by Gasteiger charge is -2.27. The van der Waals surface area contributed by atoms with Gasteiger partial charge in [0.25, 0.3) is 0 Å². The first-order valence-corrected chi connectivity index (χ1v) is 6.57. The van der Waals surface area contributed by atoms with E-state index in [0.717, 1.165) is 11.3 Å². The minimum absolute atomic E-state index is 0.0569. The third kappa shape index (κ3) is 3.58. The zero-order valence-electron chi connectivity index (χ0n) is 11.5. The Bertz CT molecular complexity index is 477. The van der Waals surface area contributed by atoms with E-state index in [0.29, 0.717) is 26.3 Å². The van der Waals surface area contributed by atoms with Crippen molar-refractivity contribution in [1.29, 1.82) is 0 Å². The van der Waals surface area contributed by atoms with Crippen molar-refractivity contribution < 1.29 is 9.53 Å². The Morgan fingerprint density at radius 1 is 1.37 bits per heavy atom. The normalized spacial score (nSPS) is 16.3. The molecule has 1 heterocycles. The van der Waals surface area contributed by atoms with E-state index >= 15 is 0 Å². The highest BCUT2D eigenvalue weighted by Crippen LogP contribution is 2.18. The molecule has 0 bridgehead atoms. The molecular formula is C15H20N2O2.